The minimum absolute atomic E-state index is 0.858. The Labute approximate surface area is 117 Å². The lowest BCUT2D eigenvalue weighted by Crippen LogP contribution is -2.16. The van der Waals surface area contributed by atoms with E-state index in [-0.39, 0.29) is 0 Å². The molecule has 1 N–H and O–H groups in total. The van der Waals surface area contributed by atoms with Gasteiger partial charge in [-0.2, -0.15) is 11.8 Å². The predicted octanol–water partition coefficient (Wildman–Crippen LogP) is 3.96. The summed E-state index contributed by atoms with van der Waals surface area (Å²) >= 11 is 7.98. The highest BCUT2D eigenvalue weighted by atomic mass is 35.5. The van der Waals surface area contributed by atoms with Crippen LogP contribution in [0.15, 0.2) is 47.3 Å². The van der Waals surface area contributed by atoms with Crippen LogP contribution in [0.1, 0.15) is 11.1 Å². The van der Waals surface area contributed by atoms with Gasteiger partial charge in [-0.1, -0.05) is 29.8 Å². The predicted molar refractivity (Wildman–Crippen MR) is 78.0 cm³/mol. The first-order chi connectivity index (χ1) is 8.86. The van der Waals surface area contributed by atoms with Gasteiger partial charge in [0.2, 0.25) is 0 Å². The fourth-order valence-electron chi connectivity index (χ4n) is 1.57. The standard InChI is InChI=1S/C14H16ClNOS/c15-14-4-2-1-3-13(14)11-18-8-6-16-9-12-5-7-17-10-12/h1-5,7,10,16H,6,8-9,11H2. The molecule has 1 aromatic carbocycles. The summed E-state index contributed by atoms with van der Waals surface area (Å²) < 4.78 is 5.00. The Kier molecular flexibility index (Phi) is 5.65. The quantitative estimate of drug-likeness (QED) is 0.778. The molecule has 1 aromatic heterocycles. The normalized spacial score (nSPS) is 10.7. The Morgan fingerprint density at radius 2 is 2.11 bits per heavy atom. The minimum atomic E-state index is 0.858. The van der Waals surface area contributed by atoms with Crippen LogP contribution in [0.5, 0.6) is 0 Å². The Balaban J connectivity index is 1.58. The van der Waals surface area contributed by atoms with Gasteiger partial charge in [-0.25, -0.2) is 0 Å². The molecular weight excluding hydrogens is 266 g/mol. The highest BCUT2D eigenvalue weighted by molar-refractivity contribution is 7.98. The summed E-state index contributed by atoms with van der Waals surface area (Å²) in [6, 6.07) is 9.98. The third kappa shape index (κ3) is 4.41. The van der Waals surface area contributed by atoms with Gasteiger partial charge in [0.1, 0.15) is 0 Å². The minimum Gasteiger partial charge on any atom is -0.472 e. The summed E-state index contributed by atoms with van der Waals surface area (Å²) in [5, 5.41) is 4.23. The van der Waals surface area contributed by atoms with Crippen LogP contribution in [0.25, 0.3) is 0 Å². The van der Waals surface area contributed by atoms with Crippen LogP contribution in [0.2, 0.25) is 5.02 Å². The van der Waals surface area contributed by atoms with Gasteiger partial charge in [-0.3, -0.25) is 0 Å². The van der Waals surface area contributed by atoms with E-state index in [1.165, 1.54) is 11.1 Å². The van der Waals surface area contributed by atoms with Crippen LogP contribution in [0.4, 0.5) is 0 Å². The van der Waals surface area contributed by atoms with Crippen molar-refractivity contribution in [3.05, 3.63) is 59.0 Å². The highest BCUT2D eigenvalue weighted by Gasteiger charge is 1.99. The van der Waals surface area contributed by atoms with Crippen molar-refractivity contribution in [2.24, 2.45) is 0 Å². The second-order valence-corrected chi connectivity index (χ2v) is 5.46. The number of hydrogen-bond acceptors (Lipinski definition) is 3. The van der Waals surface area contributed by atoms with Crippen molar-refractivity contribution >= 4 is 23.4 Å². The van der Waals surface area contributed by atoms with E-state index in [0.29, 0.717) is 0 Å². The molecule has 2 aromatic rings. The first kappa shape index (κ1) is 13.5. The zero-order valence-corrected chi connectivity index (χ0v) is 11.6. The van der Waals surface area contributed by atoms with Gasteiger partial charge in [-0.05, 0) is 17.7 Å². The summed E-state index contributed by atoms with van der Waals surface area (Å²) in [7, 11) is 0. The van der Waals surface area contributed by atoms with Crippen molar-refractivity contribution in [3.8, 4) is 0 Å². The fraction of sp³-hybridized carbons (Fsp3) is 0.286. The maximum Gasteiger partial charge on any atom is 0.0947 e. The second kappa shape index (κ2) is 7.52. The average molecular weight is 282 g/mol. The molecule has 0 saturated carbocycles. The van der Waals surface area contributed by atoms with Crippen molar-refractivity contribution in [1.29, 1.82) is 0 Å². The number of thioether (sulfide) groups is 1. The molecule has 1 heterocycles. The molecule has 0 amide bonds. The van der Waals surface area contributed by atoms with Gasteiger partial charge in [0.25, 0.3) is 0 Å². The lowest BCUT2D eigenvalue weighted by atomic mass is 10.2. The maximum atomic E-state index is 6.09. The molecular formula is C14H16ClNOS. The van der Waals surface area contributed by atoms with Crippen LogP contribution in [0, 0.1) is 0 Å². The Bertz CT molecular complexity index is 459. The van der Waals surface area contributed by atoms with Crippen molar-refractivity contribution in [1.82, 2.24) is 5.32 Å². The molecule has 0 saturated heterocycles. The summed E-state index contributed by atoms with van der Waals surface area (Å²) in [5.74, 6) is 2.04. The maximum absolute atomic E-state index is 6.09. The molecule has 0 aliphatic rings. The van der Waals surface area contributed by atoms with Crippen LogP contribution >= 0.6 is 23.4 Å². The Hall–Kier alpha value is -0.900. The number of hydrogen-bond donors (Lipinski definition) is 1. The van der Waals surface area contributed by atoms with Gasteiger partial charge in [0.15, 0.2) is 0 Å². The monoisotopic (exact) mass is 281 g/mol. The first-order valence-electron chi connectivity index (χ1n) is 5.89. The number of rotatable bonds is 7. The van der Waals surface area contributed by atoms with Crippen molar-refractivity contribution < 1.29 is 4.42 Å². The van der Waals surface area contributed by atoms with Crippen molar-refractivity contribution in [2.75, 3.05) is 12.3 Å². The van der Waals surface area contributed by atoms with E-state index in [0.717, 1.165) is 29.6 Å². The van der Waals surface area contributed by atoms with E-state index < -0.39 is 0 Å². The number of benzene rings is 1. The summed E-state index contributed by atoms with van der Waals surface area (Å²) in [6.45, 7) is 1.85. The van der Waals surface area contributed by atoms with Gasteiger partial charge in [0.05, 0.1) is 12.5 Å². The summed E-state index contributed by atoms with van der Waals surface area (Å²) in [5.41, 5.74) is 2.39. The van der Waals surface area contributed by atoms with Gasteiger partial charge in [-0.15, -0.1) is 0 Å². The molecule has 0 unspecified atom stereocenters. The molecule has 0 aliphatic carbocycles. The van der Waals surface area contributed by atoms with Crippen LogP contribution in [-0.2, 0) is 12.3 Å². The molecule has 0 spiro atoms. The van der Waals surface area contributed by atoms with Crippen LogP contribution in [-0.4, -0.2) is 12.3 Å². The van der Waals surface area contributed by atoms with Gasteiger partial charge < -0.3 is 9.73 Å². The van der Waals surface area contributed by atoms with E-state index in [4.69, 9.17) is 16.0 Å². The molecule has 96 valence electrons. The lowest BCUT2D eigenvalue weighted by molar-refractivity contribution is 0.561. The topological polar surface area (TPSA) is 25.2 Å². The molecule has 0 bridgehead atoms. The van der Waals surface area contributed by atoms with Crippen LogP contribution < -0.4 is 5.32 Å². The highest BCUT2D eigenvalue weighted by Crippen LogP contribution is 2.20. The number of furan rings is 1. The molecule has 0 atom stereocenters. The fourth-order valence-corrected chi connectivity index (χ4v) is 2.75. The van der Waals surface area contributed by atoms with E-state index in [2.05, 4.69) is 11.4 Å². The zero-order chi connectivity index (χ0) is 12.6. The third-order valence-electron chi connectivity index (χ3n) is 2.55. The Morgan fingerprint density at radius 1 is 1.22 bits per heavy atom. The SMILES string of the molecule is Clc1ccccc1CSCCNCc1ccoc1. The second-order valence-electron chi connectivity index (χ2n) is 3.95. The number of halogens is 1. The van der Waals surface area contributed by atoms with Crippen LogP contribution in [0.3, 0.4) is 0 Å². The summed E-state index contributed by atoms with van der Waals surface area (Å²) in [6.07, 6.45) is 3.47. The first-order valence-corrected chi connectivity index (χ1v) is 7.42. The van der Waals surface area contributed by atoms with E-state index in [1.54, 1.807) is 12.5 Å². The largest absolute Gasteiger partial charge is 0.472 e. The zero-order valence-electron chi connectivity index (χ0n) is 10.1. The average Bonchev–Trinajstić information content (AvgIpc) is 2.89. The smallest absolute Gasteiger partial charge is 0.0947 e. The Morgan fingerprint density at radius 3 is 2.89 bits per heavy atom. The molecule has 2 nitrogen and oxygen atoms in total. The third-order valence-corrected chi connectivity index (χ3v) is 3.92. The molecule has 0 fully saturated rings. The van der Waals surface area contributed by atoms with Gasteiger partial charge >= 0.3 is 0 Å². The van der Waals surface area contributed by atoms with E-state index >= 15 is 0 Å². The van der Waals surface area contributed by atoms with Gasteiger partial charge in [0, 0.05) is 35.2 Å². The number of nitrogens with one attached hydrogen (secondary N) is 1. The lowest BCUT2D eigenvalue weighted by Gasteiger charge is -2.05. The summed E-state index contributed by atoms with van der Waals surface area (Å²) in [4.78, 5) is 0. The van der Waals surface area contributed by atoms with Crippen molar-refractivity contribution in [2.45, 2.75) is 12.3 Å². The van der Waals surface area contributed by atoms with Crippen molar-refractivity contribution in [3.63, 3.8) is 0 Å². The molecule has 18 heavy (non-hydrogen) atoms. The van der Waals surface area contributed by atoms with E-state index in [9.17, 15) is 0 Å². The molecule has 4 heteroatoms. The van der Waals surface area contributed by atoms with E-state index in [1.807, 2.05) is 36.0 Å². The molecule has 0 aliphatic heterocycles. The molecule has 0 radical (unpaired) electrons. The molecule has 2 rings (SSSR count).